The van der Waals surface area contributed by atoms with Crippen molar-refractivity contribution in [2.45, 2.75) is 6.54 Å². The Morgan fingerprint density at radius 3 is 2.76 bits per heavy atom. The van der Waals surface area contributed by atoms with Gasteiger partial charge < -0.3 is 15.5 Å². The van der Waals surface area contributed by atoms with E-state index >= 15 is 0 Å². The lowest BCUT2D eigenvalue weighted by Gasteiger charge is -2.26. The van der Waals surface area contributed by atoms with E-state index < -0.39 is 0 Å². The number of pyridine rings is 1. The van der Waals surface area contributed by atoms with Crippen molar-refractivity contribution in [3.8, 4) is 10.6 Å². The topological polar surface area (TPSA) is 130 Å². The molecule has 1 saturated heterocycles. The minimum absolute atomic E-state index is 0.274. The number of carbonyl (C=O) groups is 1. The van der Waals surface area contributed by atoms with Gasteiger partial charge in [0.25, 0.3) is 5.91 Å². The highest BCUT2D eigenvalue weighted by Crippen LogP contribution is 2.34. The van der Waals surface area contributed by atoms with Gasteiger partial charge in [-0.05, 0) is 35.9 Å². The maximum Gasteiger partial charge on any atom is 0.255 e. The summed E-state index contributed by atoms with van der Waals surface area (Å²) in [4.78, 5) is 25.9. The molecule has 1 aliphatic heterocycles. The number of ether oxygens (including phenoxy) is 1. The van der Waals surface area contributed by atoms with Crippen LogP contribution in [0.15, 0.2) is 71.0 Å². The summed E-state index contributed by atoms with van der Waals surface area (Å²) in [6.07, 6.45) is 1.91. The van der Waals surface area contributed by atoms with Gasteiger partial charge in [-0.3, -0.25) is 9.69 Å². The Morgan fingerprint density at radius 2 is 1.95 bits per heavy atom. The molecule has 0 atom stereocenters. The van der Waals surface area contributed by atoms with Crippen molar-refractivity contribution >= 4 is 45.8 Å². The third-order valence-corrected chi connectivity index (χ3v) is 6.94. The zero-order valence-corrected chi connectivity index (χ0v) is 20.9. The monoisotopic (exact) mass is 514 g/mol. The number of para-hydroxylation sites is 1. The van der Waals surface area contributed by atoms with E-state index in [4.69, 9.17) is 15.6 Å². The minimum Gasteiger partial charge on any atom is -0.379 e. The average Bonchev–Trinajstić information content (AvgIpc) is 3.36. The summed E-state index contributed by atoms with van der Waals surface area (Å²) in [6.45, 7) is 7.51. The van der Waals surface area contributed by atoms with E-state index in [1.54, 1.807) is 24.3 Å². The summed E-state index contributed by atoms with van der Waals surface area (Å²) in [7, 11) is 0. The lowest BCUT2D eigenvalue weighted by atomic mass is 10.1. The number of nitrogens with one attached hydrogen (secondary N) is 2. The first kappa shape index (κ1) is 24.7. The first-order valence-electron chi connectivity index (χ1n) is 11.7. The van der Waals surface area contributed by atoms with Crippen molar-refractivity contribution in [3.05, 3.63) is 77.5 Å². The van der Waals surface area contributed by atoms with Crippen LogP contribution in [0, 0.1) is 0 Å². The summed E-state index contributed by atoms with van der Waals surface area (Å²) in [5.41, 5.74) is 6.97. The van der Waals surface area contributed by atoms with Crippen molar-refractivity contribution in [1.29, 1.82) is 0 Å². The van der Waals surface area contributed by atoms with Gasteiger partial charge in [0.2, 0.25) is 0 Å². The van der Waals surface area contributed by atoms with Crippen molar-refractivity contribution in [2.24, 2.45) is 16.0 Å². The number of nitrogens with zero attached hydrogens (tertiary/aromatic N) is 5. The van der Waals surface area contributed by atoms with E-state index in [-0.39, 0.29) is 5.91 Å². The van der Waals surface area contributed by atoms with Gasteiger partial charge in [0.15, 0.2) is 5.84 Å². The maximum absolute atomic E-state index is 13.1. The number of anilines is 1. The molecule has 2 aromatic carbocycles. The van der Waals surface area contributed by atoms with Crippen molar-refractivity contribution in [2.75, 3.05) is 31.6 Å². The molecule has 1 amide bonds. The standard InChI is InChI=1S/C26H26N8O2S/c1-28-33-23(32-27)18-5-4-6-19(14-18)24(35)30-21-8-3-2-7-20(21)25-31-22-13-17(15-29-26(22)37-25)16-34-9-11-36-12-10-34/h2-8,13-15H,1,9-12,16,27H2,(H,30,35)(H,32,33). The third-order valence-electron chi connectivity index (χ3n) is 5.93. The Kier molecular flexibility index (Phi) is 7.57. The van der Waals surface area contributed by atoms with Crippen LogP contribution in [0.2, 0.25) is 0 Å². The Balaban J connectivity index is 1.38. The van der Waals surface area contributed by atoms with Crippen LogP contribution in [0.25, 0.3) is 20.9 Å². The largest absolute Gasteiger partial charge is 0.379 e. The molecule has 2 aromatic heterocycles. The second kappa shape index (κ2) is 11.4. The van der Waals surface area contributed by atoms with Crippen LogP contribution in [-0.4, -0.2) is 59.6 Å². The Hall–Kier alpha value is -4.03. The van der Waals surface area contributed by atoms with Crippen LogP contribution in [0.5, 0.6) is 0 Å². The van der Waals surface area contributed by atoms with Crippen molar-refractivity contribution in [3.63, 3.8) is 0 Å². The van der Waals surface area contributed by atoms with Crippen LogP contribution >= 0.6 is 11.3 Å². The molecular weight excluding hydrogens is 488 g/mol. The molecule has 37 heavy (non-hydrogen) atoms. The van der Waals surface area contributed by atoms with Gasteiger partial charge in [0, 0.05) is 49.2 Å². The molecule has 188 valence electrons. The number of thiazole rings is 1. The number of hydrogen-bond acceptors (Lipinski definition) is 9. The van der Waals surface area contributed by atoms with Gasteiger partial charge in [-0.1, -0.05) is 35.6 Å². The van der Waals surface area contributed by atoms with Crippen LogP contribution < -0.4 is 16.6 Å². The first-order valence-corrected chi connectivity index (χ1v) is 12.5. The predicted octanol–water partition coefficient (Wildman–Crippen LogP) is 3.27. The van der Waals surface area contributed by atoms with Gasteiger partial charge in [-0.2, -0.15) is 5.10 Å². The fraction of sp³-hybridized carbons (Fsp3) is 0.192. The number of hydrazine groups is 1. The van der Waals surface area contributed by atoms with E-state index in [0.29, 0.717) is 22.6 Å². The quantitative estimate of drug-likeness (QED) is 0.149. The molecule has 3 heterocycles. The first-order chi connectivity index (χ1) is 18.1. The van der Waals surface area contributed by atoms with Gasteiger partial charge in [-0.15, -0.1) is 5.10 Å². The SMILES string of the molecule is C=N/N=C(\NN)c1cccc(C(=O)Nc2ccccc2-c2nc3cc(CN4CCOCC4)cnc3s2)c1. The molecule has 0 aliphatic carbocycles. The highest BCUT2D eigenvalue weighted by atomic mass is 32.1. The highest BCUT2D eigenvalue weighted by Gasteiger charge is 2.16. The Bertz CT molecular complexity index is 1460. The number of nitrogens with two attached hydrogens (primary N) is 1. The molecule has 4 aromatic rings. The summed E-state index contributed by atoms with van der Waals surface area (Å²) in [5, 5.41) is 11.2. The molecule has 0 bridgehead atoms. The highest BCUT2D eigenvalue weighted by molar-refractivity contribution is 7.21. The summed E-state index contributed by atoms with van der Waals surface area (Å²) >= 11 is 1.50. The second-order valence-corrected chi connectivity index (χ2v) is 9.37. The average molecular weight is 515 g/mol. The molecule has 10 nitrogen and oxygen atoms in total. The van der Waals surface area contributed by atoms with E-state index in [2.05, 4.69) is 43.6 Å². The lowest BCUT2D eigenvalue weighted by Crippen LogP contribution is -2.35. The van der Waals surface area contributed by atoms with Crippen LogP contribution in [0.4, 0.5) is 5.69 Å². The van der Waals surface area contributed by atoms with E-state index in [9.17, 15) is 4.79 Å². The van der Waals surface area contributed by atoms with Gasteiger partial charge >= 0.3 is 0 Å². The number of morpholine rings is 1. The number of carbonyl (C=O) groups excluding carboxylic acids is 1. The number of fused-ring (bicyclic) bond motifs is 1. The molecule has 5 rings (SSSR count). The number of aromatic nitrogens is 2. The summed E-state index contributed by atoms with van der Waals surface area (Å²) in [6, 6.07) is 16.6. The zero-order chi connectivity index (χ0) is 25.6. The van der Waals surface area contributed by atoms with Crippen LogP contribution in [0.3, 0.4) is 0 Å². The molecule has 0 radical (unpaired) electrons. The van der Waals surface area contributed by atoms with Crippen LogP contribution in [-0.2, 0) is 11.3 Å². The smallest absolute Gasteiger partial charge is 0.255 e. The van der Waals surface area contributed by atoms with E-state index in [0.717, 1.165) is 59.3 Å². The molecule has 1 fully saturated rings. The molecule has 11 heteroatoms. The lowest BCUT2D eigenvalue weighted by molar-refractivity contribution is 0.0341. The van der Waals surface area contributed by atoms with Crippen LogP contribution in [0.1, 0.15) is 21.5 Å². The third kappa shape index (κ3) is 5.70. The normalized spacial score (nSPS) is 14.5. The van der Waals surface area contributed by atoms with Gasteiger partial charge in [0.05, 0.1) is 18.9 Å². The number of benzene rings is 2. The molecule has 0 spiro atoms. The van der Waals surface area contributed by atoms with Gasteiger partial charge in [-0.25, -0.2) is 15.8 Å². The van der Waals surface area contributed by atoms with E-state index in [1.165, 1.54) is 11.3 Å². The number of amidine groups is 1. The van der Waals surface area contributed by atoms with Crippen molar-refractivity contribution < 1.29 is 9.53 Å². The van der Waals surface area contributed by atoms with E-state index in [1.807, 2.05) is 30.5 Å². The molecule has 1 aliphatic rings. The molecule has 0 unspecified atom stereocenters. The summed E-state index contributed by atoms with van der Waals surface area (Å²) < 4.78 is 5.44. The fourth-order valence-corrected chi connectivity index (χ4v) is 5.04. The van der Waals surface area contributed by atoms with Crippen molar-refractivity contribution in [1.82, 2.24) is 20.3 Å². The number of rotatable bonds is 7. The Morgan fingerprint density at radius 1 is 1.14 bits per heavy atom. The molecule has 0 saturated carbocycles. The minimum atomic E-state index is -0.274. The molecular formula is C26H26N8O2S. The molecule has 4 N–H and O–H groups in total. The Labute approximate surface area is 217 Å². The maximum atomic E-state index is 13.1. The number of hydrogen-bond donors (Lipinski definition) is 3. The number of amides is 1. The van der Waals surface area contributed by atoms with Gasteiger partial charge in [0.1, 0.15) is 15.4 Å². The fourth-order valence-electron chi connectivity index (χ4n) is 4.11. The predicted molar refractivity (Wildman–Crippen MR) is 147 cm³/mol. The second-order valence-electron chi connectivity index (χ2n) is 8.39. The zero-order valence-electron chi connectivity index (χ0n) is 20.1. The summed E-state index contributed by atoms with van der Waals surface area (Å²) in [5.74, 6) is 5.56.